The molecule has 0 aromatic heterocycles. The smallest absolute Gasteiger partial charge is 0.344 e. The number of esters is 1. The maximum absolute atomic E-state index is 11.7. The summed E-state index contributed by atoms with van der Waals surface area (Å²) in [6.45, 7) is 5.50. The van der Waals surface area contributed by atoms with Crippen LogP contribution in [0.25, 0.3) is 0 Å². The van der Waals surface area contributed by atoms with Crippen molar-refractivity contribution >= 4 is 5.97 Å². The van der Waals surface area contributed by atoms with E-state index in [4.69, 9.17) is 20.6 Å². The largest absolute Gasteiger partial charge is 0.493 e. The predicted octanol–water partition coefficient (Wildman–Crippen LogP) is 2.69. The molecule has 0 unspecified atom stereocenters. The van der Waals surface area contributed by atoms with Gasteiger partial charge in [0.15, 0.2) is 6.61 Å². The number of unbranched alkanes of at least 4 members (excludes halogenated alkanes) is 1. The van der Waals surface area contributed by atoms with E-state index in [-0.39, 0.29) is 13.2 Å². The number of rotatable bonds is 8. The summed E-state index contributed by atoms with van der Waals surface area (Å²) in [6.07, 6.45) is 6.57. The minimum atomic E-state index is -0.557. The number of aliphatic hydroxyl groups excluding tert-OH is 1. The number of ether oxygens (including phenoxy) is 3. The molecule has 0 radical (unpaired) electrons. The van der Waals surface area contributed by atoms with Crippen molar-refractivity contribution < 1.29 is 24.1 Å². The second-order valence-electron chi connectivity index (χ2n) is 6.00. The topological polar surface area (TPSA) is 65.0 Å². The fourth-order valence-electron chi connectivity index (χ4n) is 1.77. The number of carbonyl (C=O) groups excluding carboxylic acids is 1. The first-order valence-corrected chi connectivity index (χ1v) is 7.50. The van der Waals surface area contributed by atoms with Gasteiger partial charge in [0.2, 0.25) is 0 Å². The number of hydrogen-bond donors (Lipinski definition) is 1. The lowest BCUT2D eigenvalue weighted by Crippen LogP contribution is -2.27. The van der Waals surface area contributed by atoms with E-state index in [1.54, 1.807) is 39.0 Å². The molecule has 5 nitrogen and oxygen atoms in total. The van der Waals surface area contributed by atoms with Crippen LogP contribution in [0.5, 0.6) is 11.5 Å². The van der Waals surface area contributed by atoms with Crippen molar-refractivity contribution in [2.75, 3.05) is 13.2 Å². The van der Waals surface area contributed by atoms with Gasteiger partial charge in [0, 0.05) is 12.5 Å². The van der Waals surface area contributed by atoms with Gasteiger partial charge in [-0.1, -0.05) is 0 Å². The van der Waals surface area contributed by atoms with E-state index in [1.807, 2.05) is 0 Å². The van der Waals surface area contributed by atoms with E-state index >= 15 is 0 Å². The fourth-order valence-corrected chi connectivity index (χ4v) is 1.77. The van der Waals surface area contributed by atoms with Gasteiger partial charge in [0.05, 0.1) is 13.2 Å². The average Bonchev–Trinajstić information content (AvgIpc) is 2.47. The molecule has 0 saturated heterocycles. The quantitative estimate of drug-likeness (QED) is 0.453. The third kappa shape index (κ3) is 8.12. The molecule has 0 bridgehead atoms. The van der Waals surface area contributed by atoms with Crippen LogP contribution in [-0.4, -0.2) is 29.9 Å². The monoisotopic (exact) mass is 320 g/mol. The Morgan fingerprint density at radius 2 is 1.87 bits per heavy atom. The molecule has 1 aromatic carbocycles. The van der Waals surface area contributed by atoms with Crippen LogP contribution in [0, 0.1) is 12.3 Å². The van der Waals surface area contributed by atoms with Crippen LogP contribution >= 0.6 is 0 Å². The van der Waals surface area contributed by atoms with E-state index in [0.29, 0.717) is 30.1 Å². The molecule has 0 amide bonds. The van der Waals surface area contributed by atoms with Crippen LogP contribution < -0.4 is 9.47 Å². The van der Waals surface area contributed by atoms with Gasteiger partial charge in [0.1, 0.15) is 17.1 Å². The number of hydrogen-bond acceptors (Lipinski definition) is 5. The molecule has 0 saturated carbocycles. The highest BCUT2D eigenvalue weighted by atomic mass is 16.6. The Morgan fingerprint density at radius 1 is 1.22 bits per heavy atom. The maximum atomic E-state index is 11.7. The van der Waals surface area contributed by atoms with Crippen LogP contribution in [-0.2, 0) is 16.1 Å². The SMILES string of the molecule is C#CCCCOc1cc(CO)cc(OCC(=O)OC(C)(C)C)c1. The first-order chi connectivity index (χ1) is 10.8. The number of aliphatic hydroxyl groups is 1. The van der Waals surface area contributed by atoms with Crippen molar-refractivity contribution in [3.05, 3.63) is 23.8 Å². The van der Waals surface area contributed by atoms with Gasteiger partial charge in [-0.2, -0.15) is 0 Å². The van der Waals surface area contributed by atoms with Crippen molar-refractivity contribution in [2.45, 2.75) is 45.8 Å². The van der Waals surface area contributed by atoms with E-state index in [2.05, 4.69) is 5.92 Å². The summed E-state index contributed by atoms with van der Waals surface area (Å²) in [5.74, 6) is 3.09. The summed E-state index contributed by atoms with van der Waals surface area (Å²) in [4.78, 5) is 11.7. The molecule has 23 heavy (non-hydrogen) atoms. The van der Waals surface area contributed by atoms with Crippen molar-refractivity contribution in [3.8, 4) is 23.8 Å². The Bertz CT molecular complexity index is 552. The number of terminal acetylenes is 1. The summed E-state index contributed by atoms with van der Waals surface area (Å²) in [6, 6.07) is 5.04. The van der Waals surface area contributed by atoms with Gasteiger partial charge >= 0.3 is 5.97 Å². The van der Waals surface area contributed by atoms with Crippen LogP contribution in [0.1, 0.15) is 39.2 Å². The molecule has 0 aliphatic carbocycles. The predicted molar refractivity (Wildman–Crippen MR) is 87.3 cm³/mol. The number of benzene rings is 1. The van der Waals surface area contributed by atoms with E-state index < -0.39 is 11.6 Å². The lowest BCUT2D eigenvalue weighted by Gasteiger charge is -2.19. The van der Waals surface area contributed by atoms with E-state index in [1.165, 1.54) is 0 Å². The molecule has 0 spiro atoms. The highest BCUT2D eigenvalue weighted by Gasteiger charge is 2.16. The molecular weight excluding hydrogens is 296 g/mol. The molecule has 126 valence electrons. The van der Waals surface area contributed by atoms with Gasteiger partial charge in [0.25, 0.3) is 0 Å². The first kappa shape index (κ1) is 18.9. The molecule has 1 rings (SSSR count). The Kier molecular flexibility index (Phi) is 7.43. The van der Waals surface area contributed by atoms with Gasteiger partial charge < -0.3 is 19.3 Å². The Balaban J connectivity index is 2.63. The lowest BCUT2D eigenvalue weighted by atomic mass is 10.2. The van der Waals surface area contributed by atoms with Crippen molar-refractivity contribution in [1.29, 1.82) is 0 Å². The minimum absolute atomic E-state index is 0.148. The average molecular weight is 320 g/mol. The summed E-state index contributed by atoms with van der Waals surface area (Å²) in [7, 11) is 0. The lowest BCUT2D eigenvalue weighted by molar-refractivity contribution is -0.157. The highest BCUT2D eigenvalue weighted by Crippen LogP contribution is 2.23. The molecule has 1 N–H and O–H groups in total. The second kappa shape index (κ2) is 9.06. The summed E-state index contributed by atoms with van der Waals surface area (Å²) in [5, 5.41) is 9.30. The molecule has 0 aliphatic rings. The van der Waals surface area contributed by atoms with Crippen LogP contribution in [0.4, 0.5) is 0 Å². The van der Waals surface area contributed by atoms with Gasteiger partial charge in [-0.05, 0) is 44.9 Å². The minimum Gasteiger partial charge on any atom is -0.493 e. The van der Waals surface area contributed by atoms with Crippen molar-refractivity contribution in [3.63, 3.8) is 0 Å². The molecular formula is C18H24O5. The zero-order valence-corrected chi connectivity index (χ0v) is 13.9. The van der Waals surface area contributed by atoms with Crippen LogP contribution in [0.3, 0.4) is 0 Å². The second-order valence-corrected chi connectivity index (χ2v) is 6.00. The zero-order valence-electron chi connectivity index (χ0n) is 13.9. The third-order valence-electron chi connectivity index (χ3n) is 2.63. The molecule has 0 fully saturated rings. The van der Waals surface area contributed by atoms with Gasteiger partial charge in [-0.3, -0.25) is 0 Å². The fraction of sp³-hybridized carbons (Fsp3) is 0.500. The zero-order chi connectivity index (χ0) is 17.3. The Labute approximate surface area is 137 Å². The summed E-state index contributed by atoms with van der Waals surface area (Å²) < 4.78 is 16.2. The van der Waals surface area contributed by atoms with Gasteiger partial charge in [-0.25, -0.2) is 4.79 Å². The van der Waals surface area contributed by atoms with E-state index in [9.17, 15) is 9.90 Å². The first-order valence-electron chi connectivity index (χ1n) is 7.50. The van der Waals surface area contributed by atoms with Crippen molar-refractivity contribution in [1.82, 2.24) is 0 Å². The normalized spacial score (nSPS) is 10.7. The Morgan fingerprint density at radius 3 is 2.43 bits per heavy atom. The maximum Gasteiger partial charge on any atom is 0.344 e. The molecule has 0 heterocycles. The van der Waals surface area contributed by atoms with Crippen LogP contribution in [0.15, 0.2) is 18.2 Å². The molecule has 0 atom stereocenters. The summed E-state index contributed by atoms with van der Waals surface area (Å²) in [5.41, 5.74) is 0.0808. The van der Waals surface area contributed by atoms with Crippen molar-refractivity contribution in [2.24, 2.45) is 0 Å². The number of carbonyl (C=O) groups is 1. The Hall–Kier alpha value is -2.19. The molecule has 1 aromatic rings. The highest BCUT2D eigenvalue weighted by molar-refractivity contribution is 5.71. The van der Waals surface area contributed by atoms with Gasteiger partial charge in [-0.15, -0.1) is 12.3 Å². The third-order valence-corrected chi connectivity index (χ3v) is 2.63. The van der Waals surface area contributed by atoms with Crippen LogP contribution in [0.2, 0.25) is 0 Å². The molecule has 5 heteroatoms. The standard InChI is InChI=1S/C18H24O5/c1-5-6-7-8-21-15-9-14(12-19)10-16(11-15)22-13-17(20)23-18(2,3)4/h1,9-11,19H,6-8,12-13H2,2-4H3. The molecule has 0 aliphatic heterocycles. The summed E-state index contributed by atoms with van der Waals surface area (Å²) >= 11 is 0. The van der Waals surface area contributed by atoms with E-state index in [0.717, 1.165) is 6.42 Å².